The summed E-state index contributed by atoms with van der Waals surface area (Å²) in [5.41, 5.74) is 1.30. The van der Waals surface area contributed by atoms with Crippen molar-refractivity contribution in [2.24, 2.45) is 5.92 Å². The molecule has 0 saturated heterocycles. The number of aromatic nitrogens is 4. The third-order valence-corrected chi connectivity index (χ3v) is 5.14. The Kier molecular flexibility index (Phi) is 5.22. The molecule has 0 spiro atoms. The molecule has 0 unspecified atom stereocenters. The van der Waals surface area contributed by atoms with Gasteiger partial charge in [0.1, 0.15) is 5.82 Å². The molecule has 2 aromatic carbocycles. The average molecular weight is 405 g/mol. The minimum Gasteiger partial charge on any atom is -0.346 e. The number of hydrogen-bond acceptors (Lipinski definition) is 4. The van der Waals surface area contributed by atoms with Crippen molar-refractivity contribution in [1.82, 2.24) is 24.8 Å². The van der Waals surface area contributed by atoms with Crippen LogP contribution >= 0.6 is 0 Å². The van der Waals surface area contributed by atoms with E-state index >= 15 is 0 Å². The summed E-state index contributed by atoms with van der Waals surface area (Å²) < 4.78 is 1.06. The van der Waals surface area contributed by atoms with Crippen molar-refractivity contribution in [3.63, 3.8) is 0 Å². The molecular formula is C22H23N5O3. The van der Waals surface area contributed by atoms with E-state index in [0.29, 0.717) is 16.7 Å². The summed E-state index contributed by atoms with van der Waals surface area (Å²) in [7, 11) is 0. The summed E-state index contributed by atoms with van der Waals surface area (Å²) in [6.07, 6.45) is 0.00474. The number of aromatic amines is 2. The van der Waals surface area contributed by atoms with Gasteiger partial charge in [-0.3, -0.25) is 14.2 Å². The number of hydrogen-bond donors (Lipinski definition) is 3. The van der Waals surface area contributed by atoms with Crippen molar-refractivity contribution in [3.8, 4) is 0 Å². The van der Waals surface area contributed by atoms with Crippen LogP contribution in [0, 0.1) is 5.92 Å². The Morgan fingerprint density at radius 3 is 2.47 bits per heavy atom. The van der Waals surface area contributed by atoms with E-state index in [9.17, 15) is 14.4 Å². The predicted molar refractivity (Wildman–Crippen MR) is 115 cm³/mol. The third kappa shape index (κ3) is 3.76. The van der Waals surface area contributed by atoms with E-state index in [-0.39, 0.29) is 30.8 Å². The molecule has 8 nitrogen and oxygen atoms in total. The van der Waals surface area contributed by atoms with Crippen LogP contribution < -0.4 is 16.6 Å². The van der Waals surface area contributed by atoms with Crippen LogP contribution in [0.15, 0.2) is 58.1 Å². The molecule has 0 radical (unpaired) electrons. The molecule has 2 aromatic heterocycles. The van der Waals surface area contributed by atoms with Crippen molar-refractivity contribution in [3.05, 3.63) is 75.2 Å². The minimum atomic E-state index is -0.524. The van der Waals surface area contributed by atoms with Crippen molar-refractivity contribution in [1.29, 1.82) is 0 Å². The number of imidazole rings is 1. The Morgan fingerprint density at radius 1 is 1.03 bits per heavy atom. The average Bonchev–Trinajstić information content (AvgIpc) is 3.15. The van der Waals surface area contributed by atoms with E-state index in [1.165, 1.54) is 0 Å². The van der Waals surface area contributed by atoms with Crippen LogP contribution in [0.25, 0.3) is 21.9 Å². The quantitative estimate of drug-likeness (QED) is 0.457. The van der Waals surface area contributed by atoms with Crippen LogP contribution in [0.1, 0.15) is 32.1 Å². The van der Waals surface area contributed by atoms with Gasteiger partial charge in [0.2, 0.25) is 5.91 Å². The number of para-hydroxylation sites is 3. The van der Waals surface area contributed by atoms with Gasteiger partial charge in [-0.05, 0) is 30.2 Å². The molecule has 154 valence electrons. The normalized spacial score (nSPS) is 12.5. The van der Waals surface area contributed by atoms with Crippen molar-refractivity contribution in [2.75, 3.05) is 0 Å². The molecule has 30 heavy (non-hydrogen) atoms. The summed E-state index contributed by atoms with van der Waals surface area (Å²) in [6, 6.07) is 14.2. The van der Waals surface area contributed by atoms with Crippen molar-refractivity contribution >= 4 is 27.8 Å². The summed E-state index contributed by atoms with van der Waals surface area (Å²) >= 11 is 0. The number of carbonyl (C=O) groups is 1. The number of benzene rings is 2. The lowest BCUT2D eigenvalue weighted by Crippen LogP contribution is -2.38. The second-order valence-electron chi connectivity index (χ2n) is 7.61. The van der Waals surface area contributed by atoms with Crippen LogP contribution in [0.2, 0.25) is 0 Å². The van der Waals surface area contributed by atoms with Gasteiger partial charge >= 0.3 is 5.69 Å². The molecule has 4 rings (SSSR count). The number of H-pyrrole nitrogens is 2. The fourth-order valence-corrected chi connectivity index (χ4v) is 3.53. The summed E-state index contributed by atoms with van der Waals surface area (Å²) in [5, 5.41) is 3.40. The summed E-state index contributed by atoms with van der Waals surface area (Å²) in [4.78, 5) is 48.0. The van der Waals surface area contributed by atoms with Crippen molar-refractivity contribution in [2.45, 2.75) is 32.9 Å². The summed E-state index contributed by atoms with van der Waals surface area (Å²) in [6.45, 7) is 3.99. The lowest BCUT2D eigenvalue weighted by Gasteiger charge is -2.20. The van der Waals surface area contributed by atoms with Crippen LogP contribution in [-0.4, -0.2) is 25.4 Å². The van der Waals surface area contributed by atoms with E-state index in [1.807, 2.05) is 38.1 Å². The zero-order valence-electron chi connectivity index (χ0n) is 16.8. The van der Waals surface area contributed by atoms with Gasteiger partial charge in [-0.2, -0.15) is 0 Å². The molecule has 1 atom stereocenters. The van der Waals surface area contributed by atoms with Gasteiger partial charge in [0, 0.05) is 13.0 Å². The Hall–Kier alpha value is -3.68. The Labute approximate surface area is 172 Å². The van der Waals surface area contributed by atoms with E-state index in [0.717, 1.165) is 15.6 Å². The maximum atomic E-state index is 12.6. The molecule has 0 saturated carbocycles. The predicted octanol–water partition coefficient (Wildman–Crippen LogP) is 2.47. The van der Waals surface area contributed by atoms with Gasteiger partial charge in [-0.15, -0.1) is 0 Å². The van der Waals surface area contributed by atoms with Crippen LogP contribution in [-0.2, 0) is 11.3 Å². The highest BCUT2D eigenvalue weighted by Gasteiger charge is 2.22. The van der Waals surface area contributed by atoms with Gasteiger partial charge in [-0.25, -0.2) is 9.78 Å². The standard InChI is InChI=1S/C22H23N5O3/c1-13(2)19(20-23-16-9-5-6-10-17(16)24-20)26-18(28)11-12-27-21(29)14-7-3-4-8-15(14)25-22(27)30/h3-10,13,19H,11-12H2,1-2H3,(H,23,24)(H,25,30)(H,26,28)/t19-/m0/s1. The number of nitrogens with zero attached hydrogens (tertiary/aromatic N) is 2. The highest BCUT2D eigenvalue weighted by Crippen LogP contribution is 2.22. The smallest absolute Gasteiger partial charge is 0.328 e. The largest absolute Gasteiger partial charge is 0.346 e. The fraction of sp³-hybridized carbons (Fsp3) is 0.273. The Morgan fingerprint density at radius 2 is 1.73 bits per heavy atom. The zero-order chi connectivity index (χ0) is 21.3. The first kappa shape index (κ1) is 19.6. The lowest BCUT2D eigenvalue weighted by molar-refractivity contribution is -0.122. The van der Waals surface area contributed by atoms with E-state index < -0.39 is 11.2 Å². The number of rotatable bonds is 6. The molecular weight excluding hydrogens is 382 g/mol. The molecule has 1 amide bonds. The lowest BCUT2D eigenvalue weighted by atomic mass is 10.0. The molecule has 0 aliphatic heterocycles. The summed E-state index contributed by atoms with van der Waals surface area (Å²) in [5.74, 6) is 0.523. The number of fused-ring (bicyclic) bond motifs is 2. The second kappa shape index (κ2) is 7.98. The third-order valence-electron chi connectivity index (χ3n) is 5.14. The molecule has 8 heteroatoms. The van der Waals surface area contributed by atoms with Crippen molar-refractivity contribution < 1.29 is 4.79 Å². The number of nitrogens with one attached hydrogen (secondary N) is 3. The maximum Gasteiger partial charge on any atom is 0.328 e. The first-order chi connectivity index (χ1) is 14.4. The van der Waals surface area contributed by atoms with E-state index in [1.54, 1.807) is 24.3 Å². The van der Waals surface area contributed by atoms with Gasteiger partial charge in [-0.1, -0.05) is 38.1 Å². The fourth-order valence-electron chi connectivity index (χ4n) is 3.53. The number of amides is 1. The zero-order valence-corrected chi connectivity index (χ0v) is 16.8. The maximum absolute atomic E-state index is 12.6. The monoisotopic (exact) mass is 405 g/mol. The molecule has 0 aliphatic carbocycles. The van der Waals surface area contributed by atoms with Crippen LogP contribution in [0.5, 0.6) is 0 Å². The van der Waals surface area contributed by atoms with E-state index in [2.05, 4.69) is 20.3 Å². The van der Waals surface area contributed by atoms with Gasteiger partial charge in [0.05, 0.1) is 28.0 Å². The first-order valence-corrected chi connectivity index (χ1v) is 9.90. The number of carbonyl (C=O) groups excluding carboxylic acids is 1. The Balaban J connectivity index is 1.51. The molecule has 0 fully saturated rings. The molecule has 4 aromatic rings. The Bertz CT molecular complexity index is 1300. The molecule has 2 heterocycles. The first-order valence-electron chi connectivity index (χ1n) is 9.90. The van der Waals surface area contributed by atoms with Gasteiger partial charge < -0.3 is 15.3 Å². The van der Waals surface area contributed by atoms with Gasteiger partial charge in [0.15, 0.2) is 0 Å². The molecule has 0 bridgehead atoms. The second-order valence-corrected chi connectivity index (χ2v) is 7.61. The van der Waals surface area contributed by atoms with E-state index in [4.69, 9.17) is 0 Å². The highest BCUT2D eigenvalue weighted by molar-refractivity contribution is 5.78. The SMILES string of the molecule is CC(C)[C@H](NC(=O)CCn1c(=O)[nH]c2ccccc2c1=O)c1nc2ccccc2[nH]1. The molecule has 0 aliphatic rings. The van der Waals surface area contributed by atoms with Crippen LogP contribution in [0.4, 0.5) is 0 Å². The topological polar surface area (TPSA) is 113 Å². The molecule has 3 N–H and O–H groups in total. The van der Waals surface area contributed by atoms with Gasteiger partial charge in [0.25, 0.3) is 5.56 Å². The minimum absolute atomic E-state index is 0.00419. The highest BCUT2D eigenvalue weighted by atomic mass is 16.2. The van der Waals surface area contributed by atoms with Crippen LogP contribution in [0.3, 0.4) is 0 Å².